The lowest BCUT2D eigenvalue weighted by atomic mass is 10.1. The van der Waals surface area contributed by atoms with E-state index in [2.05, 4.69) is 15.5 Å². The van der Waals surface area contributed by atoms with Gasteiger partial charge in [0, 0.05) is 22.7 Å². The molecule has 5 nitrogen and oxygen atoms in total. The van der Waals surface area contributed by atoms with E-state index in [1.165, 1.54) is 6.20 Å². The Morgan fingerprint density at radius 3 is 2.71 bits per heavy atom. The Balaban J connectivity index is 0.00000220. The lowest BCUT2D eigenvalue weighted by Gasteiger charge is -2.18. The van der Waals surface area contributed by atoms with Crippen LogP contribution in [0.2, 0.25) is 5.02 Å². The minimum Gasteiger partial charge on any atom is -0.350 e. The maximum atomic E-state index is 12.2. The number of H-pyrrole nitrogens is 1. The number of carbonyl (C=O) groups excluding carboxylic acids is 1. The molecule has 2 aromatic rings. The third-order valence-corrected chi connectivity index (χ3v) is 3.06. The number of rotatable bonds is 4. The van der Waals surface area contributed by atoms with Gasteiger partial charge in [0.15, 0.2) is 0 Å². The average molecular weight is 329 g/mol. The summed E-state index contributed by atoms with van der Waals surface area (Å²) in [6.45, 7) is 4.06. The molecule has 114 valence electrons. The third kappa shape index (κ3) is 4.46. The van der Waals surface area contributed by atoms with Gasteiger partial charge in [-0.1, -0.05) is 29.8 Å². The fourth-order valence-corrected chi connectivity index (χ4v) is 1.96. The number of hydrogen-bond donors (Lipinski definition) is 3. The average Bonchev–Trinajstić information content (AvgIpc) is 2.84. The van der Waals surface area contributed by atoms with Crippen LogP contribution < -0.4 is 11.1 Å². The minimum absolute atomic E-state index is 0. The molecule has 1 heterocycles. The summed E-state index contributed by atoms with van der Waals surface area (Å²) in [5.74, 6) is -0.229. The van der Waals surface area contributed by atoms with Crippen LogP contribution in [0.3, 0.4) is 0 Å². The van der Waals surface area contributed by atoms with Crippen LogP contribution in [0.15, 0.2) is 30.5 Å². The van der Waals surface area contributed by atoms with E-state index in [0.717, 1.165) is 5.56 Å². The normalized spacial score (nSPS) is 10.9. The summed E-state index contributed by atoms with van der Waals surface area (Å²) in [4.78, 5) is 12.2. The zero-order valence-electron chi connectivity index (χ0n) is 11.8. The quantitative estimate of drug-likeness (QED) is 0.806. The zero-order valence-corrected chi connectivity index (χ0v) is 13.4. The van der Waals surface area contributed by atoms with Crippen LogP contribution in [0.1, 0.15) is 24.2 Å². The zero-order chi connectivity index (χ0) is 14.8. The molecule has 0 bridgehead atoms. The Morgan fingerprint density at radius 2 is 2.10 bits per heavy atom. The predicted molar refractivity (Wildman–Crippen MR) is 86.9 cm³/mol. The van der Waals surface area contributed by atoms with Crippen molar-refractivity contribution in [3.05, 3.63) is 41.0 Å². The van der Waals surface area contributed by atoms with Gasteiger partial charge < -0.3 is 11.1 Å². The van der Waals surface area contributed by atoms with Crippen LogP contribution in [0.5, 0.6) is 0 Å². The molecule has 0 atom stereocenters. The highest BCUT2D eigenvalue weighted by Gasteiger charge is 2.19. The van der Waals surface area contributed by atoms with E-state index in [9.17, 15) is 4.79 Å². The van der Waals surface area contributed by atoms with E-state index in [0.29, 0.717) is 22.8 Å². The summed E-state index contributed by atoms with van der Waals surface area (Å²) in [6.07, 6.45) is 1.48. The van der Waals surface area contributed by atoms with Crippen molar-refractivity contribution in [3.63, 3.8) is 0 Å². The van der Waals surface area contributed by atoms with Crippen molar-refractivity contribution in [2.75, 3.05) is 6.54 Å². The Hall–Kier alpha value is -1.56. The van der Waals surface area contributed by atoms with E-state index in [1.54, 1.807) is 6.07 Å². The van der Waals surface area contributed by atoms with Crippen LogP contribution in [0.25, 0.3) is 11.3 Å². The van der Waals surface area contributed by atoms with Gasteiger partial charge in [-0.2, -0.15) is 5.10 Å². The molecular weight excluding hydrogens is 311 g/mol. The fourth-order valence-electron chi connectivity index (χ4n) is 1.73. The molecule has 0 saturated carbocycles. The molecule has 7 heteroatoms. The summed E-state index contributed by atoms with van der Waals surface area (Å²) in [5.41, 5.74) is 7.17. The first-order chi connectivity index (χ1) is 9.38. The van der Waals surface area contributed by atoms with Gasteiger partial charge in [0.05, 0.1) is 17.5 Å². The van der Waals surface area contributed by atoms with Crippen molar-refractivity contribution >= 4 is 29.9 Å². The molecule has 0 saturated heterocycles. The molecule has 0 spiro atoms. The third-order valence-electron chi connectivity index (χ3n) is 2.73. The Morgan fingerprint density at radius 1 is 1.43 bits per heavy atom. The monoisotopic (exact) mass is 328 g/mol. The highest BCUT2D eigenvalue weighted by atomic mass is 35.5. The first kappa shape index (κ1) is 17.5. The van der Waals surface area contributed by atoms with Crippen LogP contribution in [-0.2, 0) is 0 Å². The molecule has 0 aliphatic carbocycles. The van der Waals surface area contributed by atoms with Crippen molar-refractivity contribution in [3.8, 4) is 11.3 Å². The highest BCUT2D eigenvalue weighted by Crippen LogP contribution is 2.28. The lowest BCUT2D eigenvalue weighted by molar-refractivity contribution is 0.0947. The number of carbonyl (C=O) groups is 1. The van der Waals surface area contributed by atoms with Crippen molar-refractivity contribution in [2.45, 2.75) is 19.4 Å². The summed E-state index contributed by atoms with van der Waals surface area (Å²) < 4.78 is 0. The van der Waals surface area contributed by atoms with Crippen LogP contribution >= 0.6 is 24.0 Å². The molecule has 0 aliphatic heterocycles. The van der Waals surface area contributed by atoms with Gasteiger partial charge in [0.2, 0.25) is 0 Å². The van der Waals surface area contributed by atoms with Gasteiger partial charge in [-0.05, 0) is 19.9 Å². The Kier molecular flexibility index (Phi) is 5.78. The number of nitrogens with two attached hydrogens (primary N) is 1. The van der Waals surface area contributed by atoms with E-state index in [1.807, 2.05) is 32.0 Å². The van der Waals surface area contributed by atoms with Gasteiger partial charge >= 0.3 is 0 Å². The number of nitrogens with zero attached hydrogens (tertiary/aromatic N) is 1. The number of benzene rings is 1. The summed E-state index contributed by atoms with van der Waals surface area (Å²) >= 11 is 6.14. The summed E-state index contributed by atoms with van der Waals surface area (Å²) in [7, 11) is 0. The van der Waals surface area contributed by atoms with E-state index >= 15 is 0 Å². The molecule has 2 rings (SSSR count). The van der Waals surface area contributed by atoms with Gasteiger partial charge in [0.1, 0.15) is 0 Å². The Labute approximate surface area is 134 Å². The van der Waals surface area contributed by atoms with E-state index < -0.39 is 5.54 Å². The molecule has 1 amide bonds. The first-order valence-electron chi connectivity index (χ1n) is 6.24. The molecule has 1 aromatic carbocycles. The van der Waals surface area contributed by atoms with Crippen LogP contribution in [0, 0.1) is 0 Å². The highest BCUT2D eigenvalue weighted by molar-refractivity contribution is 6.33. The second-order valence-corrected chi connectivity index (χ2v) is 5.72. The Bertz CT molecular complexity index is 619. The standard InChI is InChI=1S/C14H17ClN4O.ClH/c1-14(2,16)8-17-13(20)10-7-18-19-12(10)9-5-3-4-6-11(9)15;/h3-7H,8,16H2,1-2H3,(H,17,20)(H,18,19);1H. The summed E-state index contributed by atoms with van der Waals surface area (Å²) in [6, 6.07) is 7.29. The lowest BCUT2D eigenvalue weighted by Crippen LogP contribution is -2.45. The van der Waals surface area contributed by atoms with Crippen LogP contribution in [-0.4, -0.2) is 28.2 Å². The molecule has 0 aliphatic rings. The second-order valence-electron chi connectivity index (χ2n) is 5.31. The number of amides is 1. The fraction of sp³-hybridized carbons (Fsp3) is 0.286. The smallest absolute Gasteiger partial charge is 0.255 e. The van der Waals surface area contributed by atoms with Gasteiger partial charge in [-0.3, -0.25) is 9.89 Å². The van der Waals surface area contributed by atoms with Crippen LogP contribution in [0.4, 0.5) is 0 Å². The predicted octanol–water partition coefficient (Wildman–Crippen LogP) is 2.62. The number of hydrogen-bond acceptors (Lipinski definition) is 3. The number of nitrogens with one attached hydrogen (secondary N) is 2. The maximum Gasteiger partial charge on any atom is 0.255 e. The molecule has 0 unspecified atom stereocenters. The molecule has 0 radical (unpaired) electrons. The first-order valence-corrected chi connectivity index (χ1v) is 6.61. The maximum absolute atomic E-state index is 12.2. The SMILES string of the molecule is CC(C)(N)CNC(=O)c1cn[nH]c1-c1ccccc1Cl.Cl. The van der Waals surface area contributed by atoms with Crippen molar-refractivity contribution in [1.82, 2.24) is 15.5 Å². The minimum atomic E-state index is -0.468. The molecule has 4 N–H and O–H groups in total. The van der Waals surface area contributed by atoms with Crippen molar-refractivity contribution in [1.29, 1.82) is 0 Å². The summed E-state index contributed by atoms with van der Waals surface area (Å²) in [5, 5.41) is 10.1. The molecule has 21 heavy (non-hydrogen) atoms. The largest absolute Gasteiger partial charge is 0.350 e. The van der Waals surface area contributed by atoms with Gasteiger partial charge in [-0.15, -0.1) is 12.4 Å². The van der Waals surface area contributed by atoms with Gasteiger partial charge in [-0.25, -0.2) is 0 Å². The topological polar surface area (TPSA) is 83.8 Å². The number of halogens is 2. The van der Waals surface area contributed by atoms with E-state index in [-0.39, 0.29) is 18.3 Å². The number of aromatic nitrogens is 2. The second kappa shape index (κ2) is 6.93. The van der Waals surface area contributed by atoms with Crippen molar-refractivity contribution < 1.29 is 4.79 Å². The number of aromatic amines is 1. The van der Waals surface area contributed by atoms with Crippen molar-refractivity contribution in [2.24, 2.45) is 5.73 Å². The molecule has 0 fully saturated rings. The van der Waals surface area contributed by atoms with Gasteiger partial charge in [0.25, 0.3) is 5.91 Å². The van der Waals surface area contributed by atoms with E-state index in [4.69, 9.17) is 17.3 Å². The molecule has 1 aromatic heterocycles. The molecular formula is C14H18Cl2N4O.